The van der Waals surface area contributed by atoms with E-state index in [0.717, 1.165) is 24.0 Å². The molecule has 2 aromatic carbocycles. The third-order valence-corrected chi connectivity index (χ3v) is 5.38. The molecule has 2 nitrogen and oxygen atoms in total. The van der Waals surface area contributed by atoms with Crippen molar-refractivity contribution in [1.82, 2.24) is 5.32 Å². The third kappa shape index (κ3) is 3.90. The van der Waals surface area contributed by atoms with Crippen LogP contribution in [0, 0.1) is 27.7 Å². The minimum absolute atomic E-state index is 0.0568. The highest BCUT2D eigenvalue weighted by Gasteiger charge is 2.26. The summed E-state index contributed by atoms with van der Waals surface area (Å²) in [6.45, 7) is 13.3. The fourth-order valence-corrected chi connectivity index (χ4v) is 3.58. The minimum atomic E-state index is 0.0568. The van der Waals surface area contributed by atoms with Crippen molar-refractivity contribution in [1.29, 1.82) is 0 Å². The molecule has 26 heavy (non-hydrogen) atoms. The first kappa shape index (κ1) is 20.0. The van der Waals surface area contributed by atoms with Crippen LogP contribution in [0.2, 0.25) is 0 Å². The summed E-state index contributed by atoms with van der Waals surface area (Å²) in [7, 11) is 0. The Labute approximate surface area is 158 Å². The van der Waals surface area contributed by atoms with Crippen LogP contribution in [0.5, 0.6) is 0 Å². The van der Waals surface area contributed by atoms with Gasteiger partial charge >= 0.3 is 0 Å². The Morgan fingerprint density at radius 1 is 0.923 bits per heavy atom. The summed E-state index contributed by atoms with van der Waals surface area (Å²) in [6.07, 6.45) is 3.94. The van der Waals surface area contributed by atoms with Gasteiger partial charge in [-0.3, -0.25) is 4.79 Å². The van der Waals surface area contributed by atoms with Gasteiger partial charge in [-0.05, 0) is 79.5 Å². The molecular weight excluding hydrogens is 318 g/mol. The Hall–Kier alpha value is -2.35. The van der Waals surface area contributed by atoms with E-state index < -0.39 is 0 Å². The molecule has 2 heteroatoms. The van der Waals surface area contributed by atoms with Gasteiger partial charge in [0.2, 0.25) is 0 Å². The number of allylic oxidation sites excluding steroid dienone is 1. The van der Waals surface area contributed by atoms with Crippen LogP contribution in [0.25, 0.3) is 5.57 Å². The number of benzene rings is 2. The van der Waals surface area contributed by atoms with Crippen molar-refractivity contribution in [3.63, 3.8) is 0 Å². The van der Waals surface area contributed by atoms with Gasteiger partial charge in [0.15, 0.2) is 0 Å². The number of nitrogens with one attached hydrogen (secondary N) is 1. The first-order valence-electron chi connectivity index (χ1n) is 9.62. The van der Waals surface area contributed by atoms with Gasteiger partial charge in [0.1, 0.15) is 0 Å². The van der Waals surface area contributed by atoms with Gasteiger partial charge < -0.3 is 5.32 Å². The van der Waals surface area contributed by atoms with Crippen molar-refractivity contribution < 1.29 is 4.79 Å². The van der Waals surface area contributed by atoms with E-state index in [2.05, 4.69) is 63.4 Å². The average molecular weight is 350 g/mol. The summed E-state index contributed by atoms with van der Waals surface area (Å²) in [5.74, 6) is 0.0568. The van der Waals surface area contributed by atoms with Gasteiger partial charge in [-0.1, -0.05) is 50.3 Å². The number of hydrogen-bond acceptors (Lipinski definition) is 1. The lowest BCUT2D eigenvalue weighted by Crippen LogP contribution is -2.31. The molecule has 0 atom stereocenters. The number of amides is 1. The van der Waals surface area contributed by atoms with E-state index in [9.17, 15) is 4.79 Å². The van der Waals surface area contributed by atoms with E-state index in [1.165, 1.54) is 33.4 Å². The molecular formula is C24H31NO. The van der Waals surface area contributed by atoms with Crippen molar-refractivity contribution in [3.8, 4) is 0 Å². The lowest BCUT2D eigenvalue weighted by Gasteiger charge is -2.26. The van der Waals surface area contributed by atoms with Crippen molar-refractivity contribution in [2.45, 2.75) is 60.9 Å². The molecule has 1 heterocycles. The molecule has 2 aromatic rings. The maximum atomic E-state index is 12.5. The highest BCUT2D eigenvalue weighted by molar-refractivity contribution is 6.21. The smallest absolute Gasteiger partial charge is 0.251 e. The van der Waals surface area contributed by atoms with Gasteiger partial charge in [-0.25, -0.2) is 0 Å². The Balaban J connectivity index is 0.00000117. The first-order valence-corrected chi connectivity index (χ1v) is 9.62. The quantitative estimate of drug-likeness (QED) is 0.719. The summed E-state index contributed by atoms with van der Waals surface area (Å²) in [5.41, 5.74) is 9.78. The Bertz CT molecular complexity index is 816. The lowest BCUT2D eigenvalue weighted by molar-refractivity contribution is -0.116. The van der Waals surface area contributed by atoms with E-state index in [1.54, 1.807) is 0 Å². The predicted octanol–water partition coefficient (Wildman–Crippen LogP) is 5.59. The van der Waals surface area contributed by atoms with E-state index in [-0.39, 0.29) is 5.91 Å². The second kappa shape index (κ2) is 8.84. The van der Waals surface area contributed by atoms with Crippen molar-refractivity contribution >= 4 is 11.5 Å². The predicted molar refractivity (Wildman–Crippen MR) is 111 cm³/mol. The number of carbonyl (C=O) groups excluding carboxylic acids is 1. The van der Waals surface area contributed by atoms with Crippen LogP contribution >= 0.6 is 0 Å². The molecule has 1 N–H and O–H groups in total. The normalized spacial score (nSPS) is 14.4. The van der Waals surface area contributed by atoms with Crippen LogP contribution < -0.4 is 5.32 Å². The molecule has 0 aliphatic carbocycles. The van der Waals surface area contributed by atoms with Crippen molar-refractivity contribution in [2.24, 2.45) is 0 Å². The zero-order chi connectivity index (χ0) is 19.3. The summed E-state index contributed by atoms with van der Waals surface area (Å²) in [5, 5.41) is 3.04. The van der Waals surface area contributed by atoms with Crippen LogP contribution in [0.4, 0.5) is 0 Å². The number of carbonyl (C=O) groups is 1. The van der Waals surface area contributed by atoms with E-state index in [0.29, 0.717) is 6.54 Å². The number of fused-ring (bicyclic) bond motifs is 1. The maximum Gasteiger partial charge on any atom is 0.251 e. The monoisotopic (exact) mass is 349 g/mol. The van der Waals surface area contributed by atoms with Crippen molar-refractivity contribution in [2.75, 3.05) is 0 Å². The maximum absolute atomic E-state index is 12.5. The Kier molecular flexibility index (Phi) is 6.79. The number of rotatable bonds is 3. The molecule has 1 aliphatic heterocycles. The molecule has 0 aromatic heterocycles. The highest BCUT2D eigenvalue weighted by atomic mass is 16.1. The zero-order valence-corrected chi connectivity index (χ0v) is 17.0. The zero-order valence-electron chi connectivity index (χ0n) is 17.0. The standard InChI is InChI=1S/C22H25NO.C2H6/c1-14-15(2)17(4)21-19(22(24)23-13-20(21)16(14)3)12-8-11-18-9-6-5-7-10-18;1-2/h5-7,9-10,12H,8,11,13H2,1-4H3,(H,23,24);1-2H3/b19-12-;. The topological polar surface area (TPSA) is 29.1 Å². The van der Waals surface area contributed by atoms with E-state index in [4.69, 9.17) is 0 Å². The molecule has 138 valence electrons. The van der Waals surface area contributed by atoms with Gasteiger partial charge in [0.25, 0.3) is 5.91 Å². The summed E-state index contributed by atoms with van der Waals surface area (Å²) in [4.78, 5) is 12.5. The van der Waals surface area contributed by atoms with Gasteiger partial charge in [-0.2, -0.15) is 0 Å². The van der Waals surface area contributed by atoms with Crippen LogP contribution in [0.15, 0.2) is 36.4 Å². The molecule has 0 saturated carbocycles. The second-order valence-corrected chi connectivity index (χ2v) is 6.68. The summed E-state index contributed by atoms with van der Waals surface area (Å²) >= 11 is 0. The molecule has 3 rings (SSSR count). The Morgan fingerprint density at radius 3 is 2.19 bits per heavy atom. The molecule has 0 fully saturated rings. The third-order valence-electron chi connectivity index (χ3n) is 5.38. The van der Waals surface area contributed by atoms with E-state index >= 15 is 0 Å². The van der Waals surface area contributed by atoms with Crippen LogP contribution in [-0.4, -0.2) is 5.91 Å². The first-order chi connectivity index (χ1) is 12.5. The molecule has 0 bridgehead atoms. The lowest BCUT2D eigenvalue weighted by atomic mass is 9.83. The van der Waals surface area contributed by atoms with Crippen LogP contribution in [-0.2, 0) is 17.8 Å². The molecule has 0 radical (unpaired) electrons. The van der Waals surface area contributed by atoms with Crippen LogP contribution in [0.3, 0.4) is 0 Å². The van der Waals surface area contributed by atoms with Crippen molar-refractivity contribution in [3.05, 3.63) is 75.4 Å². The fraction of sp³-hybridized carbons (Fsp3) is 0.375. The molecule has 0 spiro atoms. The summed E-state index contributed by atoms with van der Waals surface area (Å²) < 4.78 is 0. The molecule has 1 aliphatic rings. The number of aryl methyl sites for hydroxylation is 1. The molecule has 0 saturated heterocycles. The number of hydrogen-bond donors (Lipinski definition) is 1. The largest absolute Gasteiger partial charge is 0.348 e. The minimum Gasteiger partial charge on any atom is -0.348 e. The molecule has 1 amide bonds. The van der Waals surface area contributed by atoms with E-state index in [1.807, 2.05) is 19.9 Å². The van der Waals surface area contributed by atoms with Gasteiger partial charge in [-0.15, -0.1) is 0 Å². The summed E-state index contributed by atoms with van der Waals surface area (Å²) in [6, 6.07) is 10.4. The average Bonchev–Trinajstić information content (AvgIpc) is 2.68. The van der Waals surface area contributed by atoms with Gasteiger partial charge in [0.05, 0.1) is 0 Å². The van der Waals surface area contributed by atoms with Gasteiger partial charge in [0, 0.05) is 12.1 Å². The van der Waals surface area contributed by atoms with Crippen LogP contribution in [0.1, 0.15) is 59.2 Å². The fourth-order valence-electron chi connectivity index (χ4n) is 3.58. The SMILES string of the molecule is CC.Cc1c(C)c(C)c2c(c1C)CNC(=O)/C2=C\CCc1ccccc1. The highest BCUT2D eigenvalue weighted by Crippen LogP contribution is 2.34. The molecule has 0 unspecified atom stereocenters. The Morgan fingerprint density at radius 2 is 1.54 bits per heavy atom. The second-order valence-electron chi connectivity index (χ2n) is 6.68.